The molecule has 2 saturated heterocycles. The van der Waals surface area contributed by atoms with Gasteiger partial charge in [0.15, 0.2) is 0 Å². The Balaban J connectivity index is 1.58. The van der Waals surface area contributed by atoms with Crippen molar-refractivity contribution in [1.29, 1.82) is 0 Å². The van der Waals surface area contributed by atoms with Crippen molar-refractivity contribution < 1.29 is 0 Å². The van der Waals surface area contributed by atoms with Crippen LogP contribution in [-0.4, -0.2) is 59.6 Å². The molecule has 0 aromatic heterocycles. The maximum Gasteiger partial charge on any atom is 0.0337 e. The van der Waals surface area contributed by atoms with Crippen molar-refractivity contribution in [3.63, 3.8) is 0 Å². The smallest absolute Gasteiger partial charge is 0.0337 e. The summed E-state index contributed by atoms with van der Waals surface area (Å²) in [5.74, 6) is 0. The van der Waals surface area contributed by atoms with E-state index in [1.54, 1.807) is 0 Å². The van der Waals surface area contributed by atoms with E-state index in [1.807, 2.05) is 0 Å². The molecule has 2 aliphatic heterocycles. The summed E-state index contributed by atoms with van der Waals surface area (Å²) in [6.07, 6.45) is 6.89. The van der Waals surface area contributed by atoms with Crippen LogP contribution >= 0.6 is 0 Å². The quantitative estimate of drug-likeness (QED) is 0.843. The van der Waals surface area contributed by atoms with Crippen LogP contribution in [0.25, 0.3) is 0 Å². The van der Waals surface area contributed by atoms with Crippen LogP contribution in [-0.2, 0) is 0 Å². The second-order valence-electron chi connectivity index (χ2n) is 7.43. The van der Waals surface area contributed by atoms with Crippen LogP contribution in [0.2, 0.25) is 0 Å². The van der Waals surface area contributed by atoms with Crippen LogP contribution in [0.4, 0.5) is 0 Å². The SMILES string of the molecule is CCC(C)(C)N1CCN(C2CCNC23CCC3)CC1. The molecule has 3 fully saturated rings. The predicted octanol–water partition coefficient (Wildman–Crippen LogP) is 2.08. The average molecular weight is 265 g/mol. The second kappa shape index (κ2) is 5.01. The summed E-state index contributed by atoms with van der Waals surface area (Å²) in [6.45, 7) is 13.4. The fraction of sp³-hybridized carbons (Fsp3) is 1.00. The van der Waals surface area contributed by atoms with E-state index in [-0.39, 0.29) is 0 Å². The lowest BCUT2D eigenvalue weighted by molar-refractivity contribution is 0.00234. The van der Waals surface area contributed by atoms with Crippen molar-refractivity contribution in [2.75, 3.05) is 32.7 Å². The Morgan fingerprint density at radius 1 is 1.16 bits per heavy atom. The van der Waals surface area contributed by atoms with E-state index in [4.69, 9.17) is 0 Å². The number of hydrogen-bond donors (Lipinski definition) is 1. The van der Waals surface area contributed by atoms with Gasteiger partial charge in [-0.1, -0.05) is 6.92 Å². The normalized spacial score (nSPS) is 32.7. The number of piperazine rings is 1. The molecule has 0 bridgehead atoms. The lowest BCUT2D eigenvalue weighted by Crippen LogP contribution is -2.63. The third kappa shape index (κ3) is 2.34. The fourth-order valence-corrected chi connectivity index (χ4v) is 4.31. The molecule has 3 nitrogen and oxygen atoms in total. The molecule has 110 valence electrons. The predicted molar refractivity (Wildman–Crippen MR) is 80.5 cm³/mol. The van der Waals surface area contributed by atoms with Gasteiger partial charge in [0.2, 0.25) is 0 Å². The van der Waals surface area contributed by atoms with E-state index >= 15 is 0 Å². The second-order valence-corrected chi connectivity index (χ2v) is 7.43. The average Bonchev–Trinajstić information content (AvgIpc) is 2.83. The van der Waals surface area contributed by atoms with E-state index < -0.39 is 0 Å². The molecular formula is C16H31N3. The van der Waals surface area contributed by atoms with Gasteiger partial charge in [-0.25, -0.2) is 0 Å². The first-order valence-electron chi connectivity index (χ1n) is 8.31. The van der Waals surface area contributed by atoms with E-state index in [9.17, 15) is 0 Å². The Kier molecular flexibility index (Phi) is 3.65. The minimum Gasteiger partial charge on any atom is -0.310 e. The maximum absolute atomic E-state index is 3.81. The molecular weight excluding hydrogens is 234 g/mol. The summed E-state index contributed by atoms with van der Waals surface area (Å²) < 4.78 is 0. The molecule has 0 radical (unpaired) electrons. The van der Waals surface area contributed by atoms with Gasteiger partial charge in [-0.3, -0.25) is 9.80 Å². The highest BCUT2D eigenvalue weighted by molar-refractivity contribution is 5.10. The molecule has 3 rings (SSSR count). The first-order valence-corrected chi connectivity index (χ1v) is 8.31. The van der Waals surface area contributed by atoms with Crippen molar-refractivity contribution >= 4 is 0 Å². The molecule has 0 aromatic rings. The molecule has 1 atom stereocenters. The van der Waals surface area contributed by atoms with Crippen LogP contribution in [0.5, 0.6) is 0 Å². The summed E-state index contributed by atoms with van der Waals surface area (Å²) in [6, 6.07) is 0.827. The zero-order chi connectivity index (χ0) is 13.5. The van der Waals surface area contributed by atoms with Gasteiger partial charge in [0.1, 0.15) is 0 Å². The third-order valence-electron chi connectivity index (χ3n) is 6.25. The van der Waals surface area contributed by atoms with E-state index in [0.29, 0.717) is 11.1 Å². The van der Waals surface area contributed by atoms with E-state index in [1.165, 1.54) is 64.8 Å². The van der Waals surface area contributed by atoms with Gasteiger partial charge in [0, 0.05) is 43.3 Å². The standard InChI is InChI=1S/C16H31N3/c1-4-15(2,3)19-12-10-18(11-13-19)14-6-9-17-16(14)7-5-8-16/h14,17H,4-13H2,1-3H3. The molecule has 1 unspecified atom stereocenters. The maximum atomic E-state index is 3.81. The van der Waals surface area contributed by atoms with Crippen molar-refractivity contribution in [1.82, 2.24) is 15.1 Å². The first-order chi connectivity index (χ1) is 9.07. The summed E-state index contributed by atoms with van der Waals surface area (Å²) >= 11 is 0. The van der Waals surface area contributed by atoms with Crippen molar-refractivity contribution in [3.05, 3.63) is 0 Å². The van der Waals surface area contributed by atoms with Crippen LogP contribution in [0, 0.1) is 0 Å². The Morgan fingerprint density at radius 3 is 2.37 bits per heavy atom. The summed E-state index contributed by atoms with van der Waals surface area (Å²) in [5, 5.41) is 3.81. The number of rotatable bonds is 3. The minimum atomic E-state index is 0.383. The summed E-state index contributed by atoms with van der Waals surface area (Å²) in [5.41, 5.74) is 0.899. The molecule has 3 aliphatic rings. The van der Waals surface area contributed by atoms with Gasteiger partial charge in [0.05, 0.1) is 0 Å². The Bertz CT molecular complexity index is 314. The molecule has 1 spiro atoms. The van der Waals surface area contributed by atoms with E-state index in [0.717, 1.165) is 6.04 Å². The lowest BCUT2D eigenvalue weighted by atomic mass is 9.72. The zero-order valence-electron chi connectivity index (χ0n) is 13.0. The highest BCUT2D eigenvalue weighted by atomic mass is 15.3. The molecule has 3 heteroatoms. The first kappa shape index (κ1) is 13.8. The zero-order valence-corrected chi connectivity index (χ0v) is 13.0. The summed E-state index contributed by atoms with van der Waals surface area (Å²) in [4.78, 5) is 5.49. The lowest BCUT2D eigenvalue weighted by Gasteiger charge is -2.51. The van der Waals surface area contributed by atoms with Crippen LogP contribution in [0.15, 0.2) is 0 Å². The van der Waals surface area contributed by atoms with Crippen LogP contribution < -0.4 is 5.32 Å². The van der Waals surface area contributed by atoms with Gasteiger partial charge < -0.3 is 5.32 Å². The van der Waals surface area contributed by atoms with Gasteiger partial charge in [-0.2, -0.15) is 0 Å². The van der Waals surface area contributed by atoms with Crippen LogP contribution in [0.3, 0.4) is 0 Å². The number of nitrogens with one attached hydrogen (secondary N) is 1. The molecule has 2 heterocycles. The topological polar surface area (TPSA) is 18.5 Å². The highest BCUT2D eigenvalue weighted by Gasteiger charge is 2.49. The van der Waals surface area contributed by atoms with Gasteiger partial charge in [-0.15, -0.1) is 0 Å². The molecule has 0 aromatic carbocycles. The monoisotopic (exact) mass is 265 g/mol. The van der Waals surface area contributed by atoms with Crippen molar-refractivity contribution in [3.8, 4) is 0 Å². The van der Waals surface area contributed by atoms with Gasteiger partial charge in [-0.05, 0) is 52.5 Å². The van der Waals surface area contributed by atoms with Crippen LogP contribution in [0.1, 0.15) is 52.9 Å². The highest BCUT2D eigenvalue weighted by Crippen LogP contribution is 2.42. The van der Waals surface area contributed by atoms with Gasteiger partial charge >= 0.3 is 0 Å². The molecule has 0 amide bonds. The Labute approximate surface area is 118 Å². The molecule has 1 aliphatic carbocycles. The fourth-order valence-electron chi connectivity index (χ4n) is 4.31. The molecule has 19 heavy (non-hydrogen) atoms. The van der Waals surface area contributed by atoms with Crippen molar-refractivity contribution in [2.24, 2.45) is 0 Å². The summed E-state index contributed by atoms with van der Waals surface area (Å²) in [7, 11) is 0. The van der Waals surface area contributed by atoms with E-state index in [2.05, 4.69) is 35.9 Å². The third-order valence-corrected chi connectivity index (χ3v) is 6.25. The molecule has 1 saturated carbocycles. The Morgan fingerprint density at radius 2 is 1.84 bits per heavy atom. The van der Waals surface area contributed by atoms with Gasteiger partial charge in [0.25, 0.3) is 0 Å². The Hall–Kier alpha value is -0.120. The minimum absolute atomic E-state index is 0.383. The number of nitrogens with zero attached hydrogens (tertiary/aromatic N) is 2. The largest absolute Gasteiger partial charge is 0.310 e. The number of hydrogen-bond acceptors (Lipinski definition) is 3. The molecule has 1 N–H and O–H groups in total. The van der Waals surface area contributed by atoms with Crippen molar-refractivity contribution in [2.45, 2.75) is 70.0 Å².